The molecule has 1 aromatic heterocycles. The molecule has 0 saturated carbocycles. The summed E-state index contributed by atoms with van der Waals surface area (Å²) in [7, 11) is 1.75. The van der Waals surface area contributed by atoms with Gasteiger partial charge in [0.2, 0.25) is 5.91 Å². The molecule has 0 bridgehead atoms. The maximum Gasteiger partial charge on any atom is 0.239 e. The maximum absolute atomic E-state index is 11.5. The number of nitrogens with zero attached hydrogens (tertiary/aromatic N) is 3. The fourth-order valence-corrected chi connectivity index (χ4v) is 1.29. The van der Waals surface area contributed by atoms with Crippen molar-refractivity contribution < 1.29 is 4.79 Å². The third-order valence-electron chi connectivity index (χ3n) is 1.90. The highest BCUT2D eigenvalue weighted by Crippen LogP contribution is 2.13. The van der Waals surface area contributed by atoms with Gasteiger partial charge in [-0.2, -0.15) is 0 Å². The fraction of sp³-hybridized carbons (Fsp3) is 0.500. The number of amides is 1. The van der Waals surface area contributed by atoms with E-state index in [1.54, 1.807) is 18.1 Å². The fourth-order valence-electron chi connectivity index (χ4n) is 1.29. The third-order valence-corrected chi connectivity index (χ3v) is 1.90. The van der Waals surface area contributed by atoms with Crippen molar-refractivity contribution in [3.8, 4) is 0 Å². The van der Waals surface area contributed by atoms with E-state index in [-0.39, 0.29) is 18.5 Å². The lowest BCUT2D eigenvalue weighted by Crippen LogP contribution is -2.39. The number of aromatic nitrogens is 2. The predicted molar refractivity (Wildman–Crippen MR) is 63.0 cm³/mol. The van der Waals surface area contributed by atoms with Crippen LogP contribution in [0.4, 0.5) is 11.6 Å². The Morgan fingerprint density at radius 2 is 2.12 bits per heavy atom. The Hall–Kier alpha value is -1.85. The zero-order valence-corrected chi connectivity index (χ0v) is 9.77. The maximum atomic E-state index is 11.5. The lowest BCUT2D eigenvalue weighted by molar-refractivity contribution is -0.120. The van der Waals surface area contributed by atoms with Crippen LogP contribution in [0.3, 0.4) is 0 Å². The second kappa shape index (κ2) is 5.29. The van der Waals surface area contributed by atoms with Gasteiger partial charge in [-0.3, -0.25) is 4.79 Å². The summed E-state index contributed by atoms with van der Waals surface area (Å²) in [5.74, 6) is 0.770. The van der Waals surface area contributed by atoms with Crippen molar-refractivity contribution in [3.63, 3.8) is 0 Å². The molecule has 1 aromatic rings. The second-order valence-electron chi connectivity index (χ2n) is 3.84. The van der Waals surface area contributed by atoms with Crippen LogP contribution in [0.5, 0.6) is 0 Å². The number of hydrogen-bond donors (Lipinski definition) is 2. The van der Waals surface area contributed by atoms with E-state index in [1.165, 1.54) is 6.20 Å². The predicted octanol–water partition coefficient (Wildman–Crippen LogP) is 0.0196. The highest BCUT2D eigenvalue weighted by molar-refractivity contribution is 5.81. The molecule has 1 amide bonds. The molecule has 3 N–H and O–H groups in total. The van der Waals surface area contributed by atoms with Crippen molar-refractivity contribution >= 4 is 17.5 Å². The molecule has 0 aliphatic carbocycles. The Balaban J connectivity index is 2.62. The van der Waals surface area contributed by atoms with Crippen molar-refractivity contribution in [1.29, 1.82) is 0 Å². The summed E-state index contributed by atoms with van der Waals surface area (Å²) in [5.41, 5.74) is 5.65. The molecule has 6 nitrogen and oxygen atoms in total. The molecule has 1 rings (SSSR count). The van der Waals surface area contributed by atoms with Gasteiger partial charge in [-0.1, -0.05) is 0 Å². The van der Waals surface area contributed by atoms with Gasteiger partial charge in [-0.15, -0.1) is 0 Å². The van der Waals surface area contributed by atoms with Crippen LogP contribution < -0.4 is 16.0 Å². The first-order valence-electron chi connectivity index (χ1n) is 5.07. The minimum Gasteiger partial charge on any atom is -0.381 e. The van der Waals surface area contributed by atoms with E-state index in [1.807, 2.05) is 13.8 Å². The lowest BCUT2D eigenvalue weighted by atomic mass is 10.4. The van der Waals surface area contributed by atoms with E-state index in [4.69, 9.17) is 5.73 Å². The van der Waals surface area contributed by atoms with Crippen molar-refractivity contribution in [2.75, 3.05) is 24.2 Å². The van der Waals surface area contributed by atoms with E-state index in [0.717, 1.165) is 0 Å². The molecule has 0 radical (unpaired) electrons. The molecule has 1 heterocycles. The minimum absolute atomic E-state index is 0.0671. The number of hydrogen-bond acceptors (Lipinski definition) is 5. The van der Waals surface area contributed by atoms with E-state index in [2.05, 4.69) is 15.3 Å². The van der Waals surface area contributed by atoms with Crippen molar-refractivity contribution in [2.24, 2.45) is 0 Å². The summed E-state index contributed by atoms with van der Waals surface area (Å²) in [5, 5.41) is 2.79. The Morgan fingerprint density at radius 1 is 1.50 bits per heavy atom. The second-order valence-corrected chi connectivity index (χ2v) is 3.84. The minimum atomic E-state index is -0.0671. The number of anilines is 2. The first-order valence-corrected chi connectivity index (χ1v) is 5.07. The van der Waals surface area contributed by atoms with E-state index >= 15 is 0 Å². The van der Waals surface area contributed by atoms with Crippen LogP contribution in [-0.4, -0.2) is 35.5 Å². The Morgan fingerprint density at radius 3 is 2.69 bits per heavy atom. The van der Waals surface area contributed by atoms with Gasteiger partial charge in [0.25, 0.3) is 0 Å². The highest BCUT2D eigenvalue weighted by atomic mass is 16.2. The zero-order chi connectivity index (χ0) is 12.1. The van der Waals surface area contributed by atoms with Gasteiger partial charge < -0.3 is 16.0 Å². The van der Waals surface area contributed by atoms with Crippen LogP contribution >= 0.6 is 0 Å². The van der Waals surface area contributed by atoms with Gasteiger partial charge >= 0.3 is 0 Å². The van der Waals surface area contributed by atoms with Crippen molar-refractivity contribution in [2.45, 2.75) is 19.9 Å². The number of carbonyl (C=O) groups excluding carboxylic acids is 1. The van der Waals surface area contributed by atoms with Crippen molar-refractivity contribution in [1.82, 2.24) is 15.3 Å². The largest absolute Gasteiger partial charge is 0.381 e. The highest BCUT2D eigenvalue weighted by Gasteiger charge is 2.11. The van der Waals surface area contributed by atoms with Crippen LogP contribution in [0.15, 0.2) is 12.4 Å². The number of nitrogen functional groups attached to an aromatic ring is 1. The summed E-state index contributed by atoms with van der Waals surface area (Å²) < 4.78 is 0. The molecule has 0 aliphatic rings. The average Bonchev–Trinajstić information content (AvgIpc) is 2.16. The molecule has 0 saturated heterocycles. The molecule has 0 unspecified atom stereocenters. The monoisotopic (exact) mass is 223 g/mol. The number of carbonyl (C=O) groups is 1. The molecule has 6 heteroatoms. The molecule has 0 atom stereocenters. The first kappa shape index (κ1) is 12.2. The molecule has 0 spiro atoms. The van der Waals surface area contributed by atoms with Crippen LogP contribution in [0, 0.1) is 0 Å². The number of likely N-dealkylation sites (N-methyl/N-ethyl adjacent to an activating group) is 1. The molecule has 0 aromatic carbocycles. The van der Waals surface area contributed by atoms with Gasteiger partial charge in [0.05, 0.1) is 6.54 Å². The van der Waals surface area contributed by atoms with E-state index in [9.17, 15) is 4.79 Å². The number of nitrogens with one attached hydrogen (secondary N) is 1. The van der Waals surface area contributed by atoms with Crippen LogP contribution in [0.25, 0.3) is 0 Å². The molecule has 88 valence electrons. The smallest absolute Gasteiger partial charge is 0.239 e. The summed E-state index contributed by atoms with van der Waals surface area (Å²) in [4.78, 5) is 21.2. The quantitative estimate of drug-likeness (QED) is 0.751. The van der Waals surface area contributed by atoms with Crippen LogP contribution in [0.1, 0.15) is 13.8 Å². The lowest BCUT2D eigenvalue weighted by Gasteiger charge is -2.19. The van der Waals surface area contributed by atoms with Gasteiger partial charge in [-0.05, 0) is 13.8 Å². The van der Waals surface area contributed by atoms with E-state index in [0.29, 0.717) is 11.6 Å². The van der Waals surface area contributed by atoms with Gasteiger partial charge in [0.1, 0.15) is 0 Å². The Labute approximate surface area is 94.9 Å². The van der Waals surface area contributed by atoms with Gasteiger partial charge in [0, 0.05) is 25.5 Å². The average molecular weight is 223 g/mol. The molecular formula is C10H17N5O. The normalized spacial score (nSPS) is 10.2. The molecule has 0 fully saturated rings. The van der Waals surface area contributed by atoms with Crippen molar-refractivity contribution in [3.05, 3.63) is 12.4 Å². The van der Waals surface area contributed by atoms with E-state index < -0.39 is 0 Å². The summed E-state index contributed by atoms with van der Waals surface area (Å²) >= 11 is 0. The summed E-state index contributed by atoms with van der Waals surface area (Å²) in [6.45, 7) is 4.03. The molecular weight excluding hydrogens is 206 g/mol. The molecule has 16 heavy (non-hydrogen) atoms. The third kappa shape index (κ3) is 3.38. The standard InChI is InChI=1S/C10H17N5O/c1-7(2)14-8(16)6-15(3)10-9(11)12-4-5-13-10/h4-5,7H,6H2,1-3H3,(H2,11,12)(H,14,16). The van der Waals surface area contributed by atoms with Gasteiger partial charge in [0.15, 0.2) is 11.6 Å². The summed E-state index contributed by atoms with van der Waals surface area (Å²) in [6, 6.07) is 0.125. The Bertz CT molecular complexity index is 366. The summed E-state index contributed by atoms with van der Waals surface area (Å²) in [6.07, 6.45) is 3.06. The number of rotatable bonds is 4. The Kier molecular flexibility index (Phi) is 4.04. The first-order chi connectivity index (χ1) is 7.50. The van der Waals surface area contributed by atoms with Gasteiger partial charge in [-0.25, -0.2) is 9.97 Å². The zero-order valence-electron chi connectivity index (χ0n) is 9.77. The SMILES string of the molecule is CC(C)NC(=O)CN(C)c1nccnc1N. The van der Waals surface area contributed by atoms with Crippen LogP contribution in [0.2, 0.25) is 0 Å². The topological polar surface area (TPSA) is 84.1 Å². The molecule has 0 aliphatic heterocycles. The number of nitrogens with two attached hydrogens (primary N) is 1. The van der Waals surface area contributed by atoms with Crippen LogP contribution in [-0.2, 0) is 4.79 Å².